The maximum atomic E-state index is 12.6. The summed E-state index contributed by atoms with van der Waals surface area (Å²) in [5, 5.41) is -0.711. The lowest BCUT2D eigenvalue weighted by Gasteiger charge is -2.07. The van der Waals surface area contributed by atoms with E-state index in [1.165, 1.54) is 0 Å². The van der Waals surface area contributed by atoms with E-state index in [2.05, 4.69) is 15.0 Å². The zero-order chi connectivity index (χ0) is 13.7. The van der Waals surface area contributed by atoms with Crippen LogP contribution in [0.2, 0.25) is 5.15 Å². The summed E-state index contributed by atoms with van der Waals surface area (Å²) in [5.74, 6) is -0.134. The lowest BCUT2D eigenvalue weighted by atomic mass is 10.2. The Kier molecular flexibility index (Phi) is 3.34. The second kappa shape index (κ2) is 4.30. The highest BCUT2D eigenvalue weighted by atomic mass is 35.6. The molecular formula is C8H2Cl4F3N3. The van der Waals surface area contributed by atoms with Crippen molar-refractivity contribution in [3.8, 4) is 0 Å². The average Bonchev–Trinajstić information content (AvgIpc) is 2.56. The van der Waals surface area contributed by atoms with Crippen molar-refractivity contribution >= 4 is 57.6 Å². The number of imidazole rings is 1. The number of pyridine rings is 1. The van der Waals surface area contributed by atoms with Crippen molar-refractivity contribution < 1.29 is 13.2 Å². The number of alkyl halides is 6. The summed E-state index contributed by atoms with van der Waals surface area (Å²) in [6.45, 7) is 0. The van der Waals surface area contributed by atoms with Crippen molar-refractivity contribution in [1.82, 2.24) is 15.0 Å². The van der Waals surface area contributed by atoms with Gasteiger partial charge in [-0.3, -0.25) is 0 Å². The monoisotopic (exact) mass is 337 g/mol. The number of nitrogens with zero attached hydrogens (tertiary/aromatic N) is 2. The molecular weight excluding hydrogens is 337 g/mol. The molecule has 2 rings (SSSR count). The average molecular weight is 339 g/mol. The number of halogens is 7. The zero-order valence-corrected chi connectivity index (χ0v) is 11.1. The van der Waals surface area contributed by atoms with Crippen molar-refractivity contribution in [3.05, 3.63) is 22.6 Å². The van der Waals surface area contributed by atoms with E-state index in [0.717, 1.165) is 6.07 Å². The Labute approximate surface area is 118 Å². The number of aromatic amines is 1. The smallest absolute Gasteiger partial charge is 0.337 e. The molecule has 0 fully saturated rings. The minimum Gasteiger partial charge on any atom is -0.337 e. The van der Waals surface area contributed by atoms with Gasteiger partial charge in [-0.15, -0.1) is 0 Å². The molecule has 0 spiro atoms. The van der Waals surface area contributed by atoms with Crippen LogP contribution in [0.1, 0.15) is 11.4 Å². The van der Waals surface area contributed by atoms with E-state index < -0.39 is 20.7 Å². The molecule has 2 aromatic heterocycles. The first kappa shape index (κ1) is 14.0. The molecule has 18 heavy (non-hydrogen) atoms. The number of hydrogen-bond acceptors (Lipinski definition) is 2. The molecule has 10 heteroatoms. The minimum absolute atomic E-state index is 0.0203. The lowest BCUT2D eigenvalue weighted by molar-refractivity contribution is -0.137. The third-order valence-electron chi connectivity index (χ3n) is 2.00. The first-order valence-electron chi connectivity index (χ1n) is 4.29. The molecule has 0 aliphatic heterocycles. The van der Waals surface area contributed by atoms with Gasteiger partial charge in [0.15, 0.2) is 11.5 Å². The molecule has 0 saturated heterocycles. The third-order valence-corrected chi connectivity index (χ3v) is 2.83. The van der Waals surface area contributed by atoms with Crippen molar-refractivity contribution in [2.45, 2.75) is 9.97 Å². The lowest BCUT2D eigenvalue weighted by Crippen LogP contribution is -2.06. The molecule has 2 aromatic rings. The maximum Gasteiger partial charge on any atom is 0.419 e. The van der Waals surface area contributed by atoms with Crippen molar-refractivity contribution in [2.24, 2.45) is 0 Å². The maximum absolute atomic E-state index is 12.6. The molecule has 98 valence electrons. The van der Waals surface area contributed by atoms with Crippen LogP contribution in [0.15, 0.2) is 6.07 Å². The highest BCUT2D eigenvalue weighted by Crippen LogP contribution is 2.39. The fourth-order valence-electron chi connectivity index (χ4n) is 1.25. The highest BCUT2D eigenvalue weighted by Gasteiger charge is 2.35. The van der Waals surface area contributed by atoms with Gasteiger partial charge in [0.2, 0.25) is 3.79 Å². The van der Waals surface area contributed by atoms with Gasteiger partial charge in [-0.25, -0.2) is 9.97 Å². The van der Waals surface area contributed by atoms with Crippen LogP contribution in [0.4, 0.5) is 13.2 Å². The standard InChI is InChI=1S/C8H2Cl4F3N3/c9-4-2(8(13,14)15)1-3-5(17-4)18-6(16-3)7(10,11)12/h1H,(H,16,17,18). The van der Waals surface area contributed by atoms with Crippen molar-refractivity contribution in [1.29, 1.82) is 0 Å². The Morgan fingerprint density at radius 3 is 2.22 bits per heavy atom. The van der Waals surface area contributed by atoms with E-state index in [-0.39, 0.29) is 17.0 Å². The molecule has 0 aliphatic carbocycles. The van der Waals surface area contributed by atoms with E-state index >= 15 is 0 Å². The first-order valence-corrected chi connectivity index (χ1v) is 5.81. The molecule has 3 nitrogen and oxygen atoms in total. The van der Waals surface area contributed by atoms with Crippen molar-refractivity contribution in [2.75, 3.05) is 0 Å². The van der Waals surface area contributed by atoms with Crippen LogP contribution in [-0.4, -0.2) is 15.0 Å². The second-order valence-corrected chi connectivity index (χ2v) is 5.92. The first-order chi connectivity index (χ1) is 8.09. The van der Waals surface area contributed by atoms with Gasteiger partial charge in [0.1, 0.15) is 5.15 Å². The van der Waals surface area contributed by atoms with Crippen molar-refractivity contribution in [3.63, 3.8) is 0 Å². The zero-order valence-electron chi connectivity index (χ0n) is 8.12. The fourth-order valence-corrected chi connectivity index (χ4v) is 1.76. The highest BCUT2D eigenvalue weighted by molar-refractivity contribution is 6.66. The molecule has 0 aromatic carbocycles. The molecule has 0 bridgehead atoms. The topological polar surface area (TPSA) is 41.6 Å². The van der Waals surface area contributed by atoms with Gasteiger partial charge >= 0.3 is 6.18 Å². The van der Waals surface area contributed by atoms with Crippen LogP contribution in [0.5, 0.6) is 0 Å². The number of rotatable bonds is 0. The Balaban J connectivity index is 2.65. The van der Waals surface area contributed by atoms with E-state index in [1.807, 2.05) is 0 Å². The predicted molar refractivity (Wildman–Crippen MR) is 63.1 cm³/mol. The third kappa shape index (κ3) is 2.61. The summed E-state index contributed by atoms with van der Waals surface area (Å²) in [6.07, 6.45) is -4.62. The second-order valence-electron chi connectivity index (χ2n) is 3.28. The summed E-state index contributed by atoms with van der Waals surface area (Å²) >= 11 is 22.1. The molecule has 0 aliphatic rings. The molecule has 0 saturated carbocycles. The van der Waals surface area contributed by atoms with E-state index in [9.17, 15) is 13.2 Å². The van der Waals surface area contributed by atoms with Crippen LogP contribution in [0, 0.1) is 0 Å². The summed E-state index contributed by atoms with van der Waals surface area (Å²) in [5.41, 5.74) is -1.17. The van der Waals surface area contributed by atoms with Gasteiger partial charge in [0.05, 0.1) is 11.1 Å². The molecule has 0 atom stereocenters. The Hall–Kier alpha value is -0.430. The Morgan fingerprint density at radius 2 is 1.72 bits per heavy atom. The largest absolute Gasteiger partial charge is 0.419 e. The van der Waals surface area contributed by atoms with Crippen LogP contribution in [0.25, 0.3) is 11.2 Å². The van der Waals surface area contributed by atoms with Gasteiger partial charge in [-0.2, -0.15) is 13.2 Å². The summed E-state index contributed by atoms with van der Waals surface area (Å²) < 4.78 is 35.9. The van der Waals surface area contributed by atoms with E-state index in [0.29, 0.717) is 0 Å². The molecule has 0 unspecified atom stereocenters. The number of nitrogens with one attached hydrogen (secondary N) is 1. The van der Waals surface area contributed by atoms with Gasteiger partial charge in [-0.1, -0.05) is 46.4 Å². The Morgan fingerprint density at radius 1 is 1.11 bits per heavy atom. The quantitative estimate of drug-likeness (QED) is 0.569. The number of H-pyrrole nitrogens is 1. The summed E-state index contributed by atoms with van der Waals surface area (Å²) in [6, 6.07) is 0.761. The van der Waals surface area contributed by atoms with Crippen LogP contribution in [-0.2, 0) is 9.97 Å². The molecule has 1 N–H and O–H groups in total. The van der Waals surface area contributed by atoms with Crippen LogP contribution >= 0.6 is 46.4 Å². The fraction of sp³-hybridized carbons (Fsp3) is 0.250. The molecule has 0 amide bonds. The predicted octanol–water partition coefficient (Wildman–Crippen LogP) is 4.46. The number of fused-ring (bicyclic) bond motifs is 1. The van der Waals surface area contributed by atoms with E-state index in [1.54, 1.807) is 0 Å². The number of aromatic nitrogens is 3. The Bertz CT molecular complexity index is 602. The normalized spacial score (nSPS) is 13.3. The van der Waals surface area contributed by atoms with Gasteiger partial charge in [0.25, 0.3) is 0 Å². The minimum atomic E-state index is -4.62. The SMILES string of the molecule is FC(F)(F)c1cc2[nH]c(C(Cl)(Cl)Cl)nc2nc1Cl. The van der Waals surface area contributed by atoms with E-state index in [4.69, 9.17) is 46.4 Å². The van der Waals surface area contributed by atoms with Crippen LogP contribution in [0.3, 0.4) is 0 Å². The van der Waals surface area contributed by atoms with Gasteiger partial charge < -0.3 is 4.98 Å². The summed E-state index contributed by atoms with van der Waals surface area (Å²) in [7, 11) is 0. The summed E-state index contributed by atoms with van der Waals surface area (Å²) in [4.78, 5) is 9.70. The number of hydrogen-bond donors (Lipinski definition) is 1. The molecule has 0 radical (unpaired) electrons. The van der Waals surface area contributed by atoms with Gasteiger partial charge in [-0.05, 0) is 6.07 Å². The van der Waals surface area contributed by atoms with Crippen LogP contribution < -0.4 is 0 Å². The van der Waals surface area contributed by atoms with Gasteiger partial charge in [0, 0.05) is 0 Å². The molecule has 2 heterocycles.